The van der Waals surface area contributed by atoms with Crippen LogP contribution in [0.3, 0.4) is 0 Å². The molecule has 0 spiro atoms. The molecule has 0 saturated carbocycles. The summed E-state index contributed by atoms with van der Waals surface area (Å²) in [5.74, 6) is -0.639. The summed E-state index contributed by atoms with van der Waals surface area (Å²) in [6.07, 6.45) is 0.721. The molecule has 4 nitrogen and oxygen atoms in total. The number of hydrogen-bond donors (Lipinski definition) is 1. The Morgan fingerprint density at radius 1 is 1.42 bits per heavy atom. The summed E-state index contributed by atoms with van der Waals surface area (Å²) in [6.45, 7) is 0. The van der Waals surface area contributed by atoms with Crippen molar-refractivity contribution in [2.24, 2.45) is 0 Å². The second-order valence-electron chi connectivity index (χ2n) is 4.31. The van der Waals surface area contributed by atoms with E-state index in [1.54, 1.807) is 11.8 Å². The number of nitrogen functional groups attached to an aromatic ring is 1. The second kappa shape index (κ2) is 5.26. The van der Waals surface area contributed by atoms with Gasteiger partial charge in [-0.05, 0) is 24.3 Å². The van der Waals surface area contributed by atoms with Crippen molar-refractivity contribution in [1.29, 1.82) is 0 Å². The van der Waals surface area contributed by atoms with E-state index in [0.717, 1.165) is 28.6 Å². The summed E-state index contributed by atoms with van der Waals surface area (Å²) in [5.41, 5.74) is 4.43. The highest BCUT2D eigenvalue weighted by molar-refractivity contribution is 7.99. The van der Waals surface area contributed by atoms with E-state index in [1.807, 2.05) is 0 Å². The lowest BCUT2D eigenvalue weighted by molar-refractivity contribution is 0.391. The summed E-state index contributed by atoms with van der Waals surface area (Å²) in [5, 5.41) is 0. The van der Waals surface area contributed by atoms with E-state index >= 15 is 0 Å². The maximum absolute atomic E-state index is 13.8. The number of thioether (sulfide) groups is 1. The zero-order valence-corrected chi connectivity index (χ0v) is 11.9. The molecule has 0 aliphatic carbocycles. The fraction of sp³-hybridized carbons (Fsp3) is 0.455. The van der Waals surface area contributed by atoms with Crippen LogP contribution in [-0.4, -0.2) is 37.3 Å². The molecule has 1 aromatic rings. The highest BCUT2D eigenvalue weighted by Gasteiger charge is 2.33. The van der Waals surface area contributed by atoms with Gasteiger partial charge in [0.2, 0.25) is 10.0 Å². The number of halogens is 2. The Kier molecular flexibility index (Phi) is 4.03. The first kappa shape index (κ1) is 14.5. The lowest BCUT2D eigenvalue weighted by atomic mass is 10.3. The van der Waals surface area contributed by atoms with Gasteiger partial charge in [0.05, 0.1) is 0 Å². The number of benzene rings is 1. The summed E-state index contributed by atoms with van der Waals surface area (Å²) in [4.78, 5) is -0.578. The lowest BCUT2D eigenvalue weighted by Crippen LogP contribution is -2.37. The van der Waals surface area contributed by atoms with E-state index in [4.69, 9.17) is 5.73 Å². The van der Waals surface area contributed by atoms with E-state index < -0.39 is 32.2 Å². The molecule has 1 heterocycles. The van der Waals surface area contributed by atoms with Gasteiger partial charge in [0.25, 0.3) is 0 Å². The fourth-order valence-electron chi connectivity index (χ4n) is 1.91. The zero-order valence-electron chi connectivity index (χ0n) is 10.3. The van der Waals surface area contributed by atoms with Crippen LogP contribution in [0.1, 0.15) is 6.42 Å². The molecule has 1 fully saturated rings. The molecule has 19 heavy (non-hydrogen) atoms. The van der Waals surface area contributed by atoms with Crippen molar-refractivity contribution in [3.8, 4) is 0 Å². The largest absolute Gasteiger partial charge is 0.394 e. The molecule has 106 valence electrons. The highest BCUT2D eigenvalue weighted by Crippen LogP contribution is 2.29. The minimum absolute atomic E-state index is 0.166. The molecule has 2 rings (SSSR count). The number of sulfonamides is 1. The van der Waals surface area contributed by atoms with Gasteiger partial charge < -0.3 is 5.73 Å². The minimum Gasteiger partial charge on any atom is -0.394 e. The summed E-state index contributed by atoms with van der Waals surface area (Å²) in [7, 11) is -2.59. The Balaban J connectivity index is 2.42. The van der Waals surface area contributed by atoms with Gasteiger partial charge in [0, 0.05) is 18.8 Å². The Labute approximate surface area is 115 Å². The third-order valence-corrected chi connectivity index (χ3v) is 6.24. The maximum atomic E-state index is 13.8. The highest BCUT2D eigenvalue weighted by atomic mass is 32.2. The van der Waals surface area contributed by atoms with Crippen LogP contribution in [0.5, 0.6) is 0 Å². The molecule has 0 bridgehead atoms. The Hall–Kier alpha value is -0.860. The molecule has 1 aliphatic rings. The molecular formula is C11H14F2N2O2S2. The predicted octanol–water partition coefficient (Wildman–Crippen LogP) is 1.67. The molecule has 1 atom stereocenters. The van der Waals surface area contributed by atoms with Gasteiger partial charge in [-0.1, -0.05) is 0 Å². The van der Waals surface area contributed by atoms with Gasteiger partial charge in [0.1, 0.15) is 16.4 Å². The first-order chi connectivity index (χ1) is 8.85. The van der Waals surface area contributed by atoms with Crippen LogP contribution in [0.15, 0.2) is 17.0 Å². The van der Waals surface area contributed by atoms with Crippen molar-refractivity contribution in [1.82, 2.24) is 4.31 Å². The van der Waals surface area contributed by atoms with E-state index in [2.05, 4.69) is 0 Å². The van der Waals surface area contributed by atoms with Crippen LogP contribution in [0.4, 0.5) is 14.5 Å². The van der Waals surface area contributed by atoms with Gasteiger partial charge in [-0.2, -0.15) is 16.1 Å². The standard InChI is InChI=1S/C11H14F2N2O2S2/c1-15(7-4-5-18-6-7)19(16,17)9-3-2-8(12)11(14)10(9)13/h2-3,7H,4-6,14H2,1H3. The fourth-order valence-corrected chi connectivity index (χ4v) is 4.73. The molecule has 0 amide bonds. The average Bonchev–Trinajstić information content (AvgIpc) is 2.88. The van der Waals surface area contributed by atoms with Crippen molar-refractivity contribution >= 4 is 27.5 Å². The predicted molar refractivity (Wildman–Crippen MR) is 71.4 cm³/mol. The minimum atomic E-state index is -3.99. The van der Waals surface area contributed by atoms with Crippen LogP contribution in [-0.2, 0) is 10.0 Å². The van der Waals surface area contributed by atoms with Crippen molar-refractivity contribution in [2.75, 3.05) is 24.3 Å². The molecular weight excluding hydrogens is 294 g/mol. The monoisotopic (exact) mass is 308 g/mol. The normalized spacial score (nSPS) is 20.1. The zero-order chi connectivity index (χ0) is 14.2. The van der Waals surface area contributed by atoms with Crippen LogP contribution in [0, 0.1) is 11.6 Å². The SMILES string of the molecule is CN(C1CCSC1)S(=O)(=O)c1ccc(F)c(N)c1F. The van der Waals surface area contributed by atoms with Crippen LogP contribution in [0.2, 0.25) is 0 Å². The molecule has 0 radical (unpaired) electrons. The van der Waals surface area contributed by atoms with Gasteiger partial charge >= 0.3 is 0 Å². The Morgan fingerprint density at radius 3 is 2.68 bits per heavy atom. The first-order valence-corrected chi connectivity index (χ1v) is 8.24. The Bertz CT molecular complexity index is 587. The van der Waals surface area contributed by atoms with Crippen LogP contribution in [0.25, 0.3) is 0 Å². The van der Waals surface area contributed by atoms with Crippen molar-refractivity contribution in [3.63, 3.8) is 0 Å². The van der Waals surface area contributed by atoms with Gasteiger partial charge in [-0.3, -0.25) is 0 Å². The van der Waals surface area contributed by atoms with Crippen molar-refractivity contribution < 1.29 is 17.2 Å². The van der Waals surface area contributed by atoms with Crippen molar-refractivity contribution in [2.45, 2.75) is 17.4 Å². The Morgan fingerprint density at radius 2 is 2.11 bits per heavy atom. The summed E-state index contributed by atoms with van der Waals surface area (Å²) >= 11 is 1.65. The lowest BCUT2D eigenvalue weighted by Gasteiger charge is -2.23. The van der Waals surface area contributed by atoms with Gasteiger partial charge in [-0.25, -0.2) is 17.2 Å². The molecule has 2 N–H and O–H groups in total. The molecule has 1 saturated heterocycles. The van der Waals surface area contributed by atoms with Gasteiger partial charge in [0.15, 0.2) is 5.82 Å². The summed E-state index contributed by atoms with van der Waals surface area (Å²) < 4.78 is 52.6. The third kappa shape index (κ3) is 2.56. The number of nitrogens with two attached hydrogens (primary N) is 1. The second-order valence-corrected chi connectivity index (χ2v) is 7.43. The van der Waals surface area contributed by atoms with Crippen molar-refractivity contribution in [3.05, 3.63) is 23.8 Å². The van der Waals surface area contributed by atoms with E-state index in [1.165, 1.54) is 7.05 Å². The molecule has 8 heteroatoms. The van der Waals surface area contributed by atoms with Crippen LogP contribution >= 0.6 is 11.8 Å². The number of rotatable bonds is 3. The number of nitrogens with zero attached hydrogens (tertiary/aromatic N) is 1. The number of anilines is 1. The number of hydrogen-bond acceptors (Lipinski definition) is 4. The third-order valence-electron chi connectivity index (χ3n) is 3.17. The average molecular weight is 308 g/mol. The molecule has 1 aromatic carbocycles. The maximum Gasteiger partial charge on any atom is 0.246 e. The molecule has 0 aromatic heterocycles. The molecule has 1 unspecified atom stereocenters. The van der Waals surface area contributed by atoms with Crippen LogP contribution < -0.4 is 5.73 Å². The molecule has 1 aliphatic heterocycles. The first-order valence-electron chi connectivity index (χ1n) is 5.65. The van der Waals surface area contributed by atoms with Gasteiger partial charge in [-0.15, -0.1) is 0 Å². The van der Waals surface area contributed by atoms with E-state index in [9.17, 15) is 17.2 Å². The summed E-state index contributed by atoms with van der Waals surface area (Å²) in [6, 6.07) is 1.61. The topological polar surface area (TPSA) is 63.4 Å². The van der Waals surface area contributed by atoms with E-state index in [0.29, 0.717) is 5.75 Å². The quantitative estimate of drug-likeness (QED) is 0.863. The van der Waals surface area contributed by atoms with E-state index in [-0.39, 0.29) is 6.04 Å². The smallest absolute Gasteiger partial charge is 0.246 e.